The fourth-order valence-electron chi connectivity index (χ4n) is 0.448. The normalized spacial score (nSPS) is 18.0. The molecule has 1 atom stereocenters. The van der Waals surface area contributed by atoms with E-state index >= 15 is 0 Å². The van der Waals surface area contributed by atoms with Gasteiger partial charge in [-0.05, 0) is 35.9 Å². The van der Waals surface area contributed by atoms with Crippen LogP contribution >= 0.6 is 22.6 Å². The summed E-state index contributed by atoms with van der Waals surface area (Å²) in [6.45, 7) is 5.65. The fourth-order valence-corrected chi connectivity index (χ4v) is 0.829. The number of unbranched alkanes of at least 4 members (excludes halogenated alkanes) is 1. The Bertz CT molecular complexity index is 56.0. The Kier molecular flexibility index (Phi) is 3.98. The molecule has 0 heterocycles. The molecule has 0 saturated heterocycles. The average molecular weight is 227 g/mol. The van der Waals surface area contributed by atoms with E-state index in [1.54, 1.807) is 0 Å². The van der Waals surface area contributed by atoms with Crippen LogP contribution in [0.2, 0.25) is 0 Å². The second-order valence-corrected chi connectivity index (χ2v) is 4.03. The van der Waals surface area contributed by atoms with E-state index in [-0.39, 0.29) is 0 Å². The molecule has 0 spiro atoms. The van der Waals surface area contributed by atoms with E-state index in [0.717, 1.165) is 19.3 Å². The van der Waals surface area contributed by atoms with E-state index < -0.39 is 3.61 Å². The summed E-state index contributed by atoms with van der Waals surface area (Å²) in [6.07, 6.45) is 2.98. The second kappa shape index (κ2) is 3.67. The van der Waals surface area contributed by atoms with Crippen molar-refractivity contribution >= 4 is 22.6 Å². The molecule has 1 N–H and O–H groups in total. The van der Waals surface area contributed by atoms with Crippen LogP contribution in [0.3, 0.4) is 0 Å². The average Bonchev–Trinajstić information content (AvgIpc) is 1.59. The smallest absolute Gasteiger partial charge is 0.115 e. The Hall–Kier alpha value is 0.690. The molecule has 0 aliphatic rings. The first kappa shape index (κ1) is 8.69. The lowest BCUT2D eigenvalue weighted by atomic mass is 10.2. The summed E-state index contributed by atoms with van der Waals surface area (Å²) in [4.78, 5) is 0. The third kappa shape index (κ3) is 6.69. The standard InChI is InChI=1S/C6H12IO/c1-3-4-5-6(2,7)8/h8H,2-5H2,1H3. The Morgan fingerprint density at radius 1 is 1.75 bits per heavy atom. The third-order valence-corrected chi connectivity index (χ3v) is 1.45. The van der Waals surface area contributed by atoms with Crippen molar-refractivity contribution in [1.29, 1.82) is 0 Å². The number of hydrogen-bond acceptors (Lipinski definition) is 1. The fraction of sp³-hybridized carbons (Fsp3) is 0.833. The topological polar surface area (TPSA) is 20.2 Å². The Labute approximate surface area is 64.6 Å². The quantitative estimate of drug-likeness (QED) is 0.578. The summed E-state index contributed by atoms with van der Waals surface area (Å²) < 4.78 is -0.728. The van der Waals surface area contributed by atoms with Gasteiger partial charge in [0, 0.05) is 0 Å². The maximum absolute atomic E-state index is 9.02. The second-order valence-electron chi connectivity index (χ2n) is 2.02. The van der Waals surface area contributed by atoms with Crippen molar-refractivity contribution in [2.45, 2.75) is 29.8 Å². The zero-order chi connectivity index (χ0) is 6.62. The van der Waals surface area contributed by atoms with Crippen LogP contribution in [0.15, 0.2) is 0 Å². The molecule has 0 aliphatic carbocycles. The van der Waals surface area contributed by atoms with Crippen molar-refractivity contribution in [2.24, 2.45) is 0 Å². The Morgan fingerprint density at radius 3 is 2.38 bits per heavy atom. The van der Waals surface area contributed by atoms with Crippen LogP contribution in [0.4, 0.5) is 0 Å². The predicted octanol–water partition coefficient (Wildman–Crippen LogP) is 2.13. The Morgan fingerprint density at radius 2 is 2.25 bits per heavy atom. The van der Waals surface area contributed by atoms with Crippen molar-refractivity contribution in [1.82, 2.24) is 0 Å². The molecule has 1 radical (unpaired) electrons. The molecule has 0 aliphatic heterocycles. The van der Waals surface area contributed by atoms with E-state index in [1.165, 1.54) is 0 Å². The Balaban J connectivity index is 3.11. The predicted molar refractivity (Wildman–Crippen MR) is 43.9 cm³/mol. The molecular weight excluding hydrogens is 215 g/mol. The van der Waals surface area contributed by atoms with E-state index in [4.69, 9.17) is 5.11 Å². The van der Waals surface area contributed by atoms with Gasteiger partial charge in [-0.3, -0.25) is 0 Å². The lowest BCUT2D eigenvalue weighted by molar-refractivity contribution is 0.189. The molecule has 0 saturated carbocycles. The summed E-state index contributed by atoms with van der Waals surface area (Å²) in [7, 11) is 0. The van der Waals surface area contributed by atoms with Gasteiger partial charge in [-0.1, -0.05) is 19.8 Å². The molecule has 0 rings (SSSR count). The van der Waals surface area contributed by atoms with Gasteiger partial charge in [0.15, 0.2) is 0 Å². The molecule has 0 bridgehead atoms. The van der Waals surface area contributed by atoms with Gasteiger partial charge in [-0.15, -0.1) is 0 Å². The third-order valence-electron chi connectivity index (χ3n) is 0.913. The van der Waals surface area contributed by atoms with Gasteiger partial charge in [0.1, 0.15) is 3.61 Å². The molecule has 1 unspecified atom stereocenters. The molecule has 0 aromatic heterocycles. The van der Waals surface area contributed by atoms with E-state index in [9.17, 15) is 0 Å². The van der Waals surface area contributed by atoms with Gasteiger partial charge in [0.05, 0.1) is 0 Å². The molecule has 1 nitrogen and oxygen atoms in total. The lowest BCUT2D eigenvalue weighted by Gasteiger charge is -2.12. The van der Waals surface area contributed by atoms with Gasteiger partial charge in [-0.2, -0.15) is 0 Å². The summed E-state index contributed by atoms with van der Waals surface area (Å²) in [5, 5.41) is 9.02. The molecule has 8 heavy (non-hydrogen) atoms. The summed E-state index contributed by atoms with van der Waals surface area (Å²) in [6, 6.07) is 0. The number of rotatable bonds is 3. The van der Waals surface area contributed by atoms with Crippen molar-refractivity contribution in [2.75, 3.05) is 0 Å². The number of hydrogen-bond donors (Lipinski definition) is 1. The first-order valence-corrected chi connectivity index (χ1v) is 3.91. The summed E-state index contributed by atoms with van der Waals surface area (Å²) in [5.41, 5.74) is 0. The first-order valence-electron chi connectivity index (χ1n) is 2.83. The molecule has 0 amide bonds. The number of alkyl halides is 1. The highest BCUT2D eigenvalue weighted by atomic mass is 127. The minimum atomic E-state index is -0.728. The highest BCUT2D eigenvalue weighted by Gasteiger charge is 2.12. The summed E-state index contributed by atoms with van der Waals surface area (Å²) >= 11 is 1.94. The van der Waals surface area contributed by atoms with Gasteiger partial charge in [0.2, 0.25) is 0 Å². The highest BCUT2D eigenvalue weighted by molar-refractivity contribution is 14.1. The van der Waals surface area contributed by atoms with E-state index in [2.05, 4.69) is 13.8 Å². The zero-order valence-corrected chi connectivity index (χ0v) is 7.31. The van der Waals surface area contributed by atoms with Gasteiger partial charge in [-0.25, -0.2) is 0 Å². The maximum atomic E-state index is 9.02. The molecule has 0 aromatic carbocycles. The summed E-state index contributed by atoms with van der Waals surface area (Å²) in [5.74, 6) is 0. The zero-order valence-electron chi connectivity index (χ0n) is 5.15. The maximum Gasteiger partial charge on any atom is 0.115 e. The van der Waals surface area contributed by atoms with Gasteiger partial charge in [0.25, 0.3) is 0 Å². The largest absolute Gasteiger partial charge is 0.380 e. The molecular formula is C6H12IO. The minimum absolute atomic E-state index is 0.728. The van der Waals surface area contributed by atoms with E-state index in [0.29, 0.717) is 0 Å². The molecule has 49 valence electrons. The lowest BCUT2D eigenvalue weighted by Crippen LogP contribution is -2.12. The van der Waals surface area contributed by atoms with Crippen LogP contribution in [-0.4, -0.2) is 8.71 Å². The molecule has 2 heteroatoms. The van der Waals surface area contributed by atoms with Crippen molar-refractivity contribution in [3.63, 3.8) is 0 Å². The monoisotopic (exact) mass is 227 g/mol. The van der Waals surface area contributed by atoms with Crippen molar-refractivity contribution in [3.05, 3.63) is 6.92 Å². The number of halogens is 1. The van der Waals surface area contributed by atoms with Gasteiger partial charge >= 0.3 is 0 Å². The highest BCUT2D eigenvalue weighted by Crippen LogP contribution is 2.19. The van der Waals surface area contributed by atoms with Crippen LogP contribution in [0, 0.1) is 6.92 Å². The number of aliphatic hydroxyl groups is 1. The van der Waals surface area contributed by atoms with Crippen molar-refractivity contribution < 1.29 is 5.11 Å². The molecule has 0 fully saturated rings. The van der Waals surface area contributed by atoms with Crippen LogP contribution in [-0.2, 0) is 0 Å². The first-order chi connectivity index (χ1) is 3.56. The van der Waals surface area contributed by atoms with Gasteiger partial charge < -0.3 is 5.11 Å². The van der Waals surface area contributed by atoms with Crippen LogP contribution < -0.4 is 0 Å². The van der Waals surface area contributed by atoms with Crippen LogP contribution in [0.1, 0.15) is 26.2 Å². The van der Waals surface area contributed by atoms with Crippen LogP contribution in [0.25, 0.3) is 0 Å². The molecule has 0 aromatic rings. The minimum Gasteiger partial charge on any atom is -0.380 e. The van der Waals surface area contributed by atoms with E-state index in [1.807, 2.05) is 22.6 Å². The van der Waals surface area contributed by atoms with Crippen molar-refractivity contribution in [3.8, 4) is 0 Å². The van der Waals surface area contributed by atoms with Crippen LogP contribution in [0.5, 0.6) is 0 Å². The SMILES string of the molecule is [CH2]C(O)(I)CCCC.